The Labute approximate surface area is 146 Å². The molecule has 0 aliphatic rings. The third-order valence-electron chi connectivity index (χ3n) is 3.43. The van der Waals surface area contributed by atoms with E-state index in [-0.39, 0.29) is 6.04 Å². The molecule has 0 saturated carbocycles. The minimum atomic E-state index is 0.201. The van der Waals surface area contributed by atoms with Gasteiger partial charge in [0, 0.05) is 30.1 Å². The number of hydrogen-bond donors (Lipinski definition) is 2. The molecule has 0 aliphatic heterocycles. The van der Waals surface area contributed by atoms with Crippen LogP contribution in [0.3, 0.4) is 0 Å². The molecule has 1 aromatic carbocycles. The van der Waals surface area contributed by atoms with E-state index >= 15 is 0 Å². The summed E-state index contributed by atoms with van der Waals surface area (Å²) in [6.07, 6.45) is 3.45. The van der Waals surface area contributed by atoms with Gasteiger partial charge >= 0.3 is 0 Å². The predicted octanol–water partition coefficient (Wildman–Crippen LogP) is 3.97. The predicted molar refractivity (Wildman–Crippen MR) is 98.5 cm³/mol. The molecule has 0 aliphatic carbocycles. The van der Waals surface area contributed by atoms with Crippen LogP contribution in [0.25, 0.3) is 11.3 Å². The number of nitriles is 1. The van der Waals surface area contributed by atoms with Crippen molar-refractivity contribution in [1.82, 2.24) is 15.0 Å². The maximum absolute atomic E-state index is 9.26. The summed E-state index contributed by atoms with van der Waals surface area (Å²) in [6, 6.07) is 15.4. The van der Waals surface area contributed by atoms with Crippen LogP contribution < -0.4 is 10.6 Å². The molecular formula is C19H18N6. The molecule has 0 unspecified atom stereocenters. The number of pyridine rings is 1. The molecular weight excluding hydrogens is 312 g/mol. The first kappa shape index (κ1) is 16.4. The average molecular weight is 330 g/mol. The highest BCUT2D eigenvalue weighted by atomic mass is 15.2. The van der Waals surface area contributed by atoms with Crippen LogP contribution in [0.5, 0.6) is 0 Å². The molecule has 0 bridgehead atoms. The lowest BCUT2D eigenvalue weighted by Gasteiger charge is -2.13. The van der Waals surface area contributed by atoms with E-state index in [1.807, 2.05) is 50.2 Å². The number of hydrogen-bond acceptors (Lipinski definition) is 6. The first-order valence-electron chi connectivity index (χ1n) is 7.98. The molecule has 6 heteroatoms. The molecule has 0 fully saturated rings. The second-order valence-electron chi connectivity index (χ2n) is 5.78. The number of nitrogens with zero attached hydrogens (tertiary/aromatic N) is 4. The maximum Gasteiger partial charge on any atom is 0.225 e. The van der Waals surface area contributed by atoms with Gasteiger partial charge in [-0.1, -0.05) is 12.1 Å². The van der Waals surface area contributed by atoms with E-state index in [2.05, 4.69) is 31.7 Å². The Morgan fingerprint density at radius 2 is 1.80 bits per heavy atom. The topological polar surface area (TPSA) is 86.5 Å². The van der Waals surface area contributed by atoms with Gasteiger partial charge in [-0.3, -0.25) is 4.98 Å². The summed E-state index contributed by atoms with van der Waals surface area (Å²) < 4.78 is 0. The zero-order valence-electron chi connectivity index (χ0n) is 14.1. The van der Waals surface area contributed by atoms with Gasteiger partial charge in [0.2, 0.25) is 5.95 Å². The molecule has 0 spiro atoms. The lowest BCUT2D eigenvalue weighted by molar-refractivity contribution is 0.876. The highest BCUT2D eigenvalue weighted by molar-refractivity contribution is 5.69. The number of nitrogens with one attached hydrogen (secondary N) is 2. The molecule has 2 aromatic heterocycles. The quantitative estimate of drug-likeness (QED) is 0.736. The summed E-state index contributed by atoms with van der Waals surface area (Å²) in [5, 5.41) is 15.7. The Balaban J connectivity index is 2.02. The van der Waals surface area contributed by atoms with Crippen molar-refractivity contribution in [1.29, 1.82) is 5.26 Å². The molecule has 0 atom stereocenters. The lowest BCUT2D eigenvalue weighted by atomic mass is 10.2. The Kier molecular flexibility index (Phi) is 4.86. The second kappa shape index (κ2) is 7.41. The van der Waals surface area contributed by atoms with Gasteiger partial charge in [-0.05, 0) is 38.1 Å². The molecule has 6 nitrogen and oxygen atoms in total. The molecule has 3 rings (SSSR count). The Hall–Kier alpha value is -3.46. The fourth-order valence-electron chi connectivity index (χ4n) is 2.33. The summed E-state index contributed by atoms with van der Waals surface area (Å²) >= 11 is 0. The standard InChI is InChI=1S/C19H18N6/c1-13(2)22-19-24-17(14-7-9-21-10-8-14)11-18(25-19)23-16-6-4-3-5-15(16)12-20/h3-11,13H,1-2H3,(H2,22,23,24,25). The molecule has 2 heterocycles. The van der Waals surface area contributed by atoms with Gasteiger partial charge in [-0.2, -0.15) is 10.2 Å². The van der Waals surface area contributed by atoms with Gasteiger partial charge in [0.1, 0.15) is 11.9 Å². The van der Waals surface area contributed by atoms with E-state index < -0.39 is 0 Å². The molecule has 124 valence electrons. The fraction of sp³-hybridized carbons (Fsp3) is 0.158. The van der Waals surface area contributed by atoms with Crippen LogP contribution >= 0.6 is 0 Å². The van der Waals surface area contributed by atoms with Crippen LogP contribution in [0.15, 0.2) is 54.9 Å². The third-order valence-corrected chi connectivity index (χ3v) is 3.43. The van der Waals surface area contributed by atoms with Gasteiger partial charge in [0.25, 0.3) is 0 Å². The fourth-order valence-corrected chi connectivity index (χ4v) is 2.33. The first-order chi connectivity index (χ1) is 12.2. The Morgan fingerprint density at radius 1 is 1.04 bits per heavy atom. The van der Waals surface area contributed by atoms with Crippen molar-refractivity contribution in [3.8, 4) is 17.3 Å². The molecule has 2 N–H and O–H groups in total. The number of rotatable bonds is 5. The normalized spacial score (nSPS) is 10.3. The van der Waals surface area contributed by atoms with E-state index in [9.17, 15) is 5.26 Å². The van der Waals surface area contributed by atoms with Crippen LogP contribution in [-0.2, 0) is 0 Å². The highest BCUT2D eigenvalue weighted by Crippen LogP contribution is 2.24. The minimum absolute atomic E-state index is 0.201. The van der Waals surface area contributed by atoms with Gasteiger partial charge in [0.05, 0.1) is 16.9 Å². The van der Waals surface area contributed by atoms with Crippen molar-refractivity contribution in [2.24, 2.45) is 0 Å². The number of aromatic nitrogens is 3. The van der Waals surface area contributed by atoms with Crippen molar-refractivity contribution in [3.63, 3.8) is 0 Å². The lowest BCUT2D eigenvalue weighted by Crippen LogP contribution is -2.13. The molecule has 0 radical (unpaired) electrons. The number of para-hydroxylation sites is 1. The Bertz CT molecular complexity index is 899. The van der Waals surface area contributed by atoms with Gasteiger partial charge in [-0.25, -0.2) is 4.98 Å². The van der Waals surface area contributed by atoms with E-state index in [0.717, 1.165) is 11.3 Å². The van der Waals surface area contributed by atoms with Crippen molar-refractivity contribution in [2.45, 2.75) is 19.9 Å². The minimum Gasteiger partial charge on any atom is -0.352 e. The molecule has 25 heavy (non-hydrogen) atoms. The van der Waals surface area contributed by atoms with E-state index in [4.69, 9.17) is 0 Å². The molecule has 3 aromatic rings. The largest absolute Gasteiger partial charge is 0.352 e. The average Bonchev–Trinajstić information content (AvgIpc) is 2.62. The van der Waals surface area contributed by atoms with Crippen LogP contribution in [0, 0.1) is 11.3 Å². The second-order valence-corrected chi connectivity index (χ2v) is 5.78. The zero-order valence-corrected chi connectivity index (χ0v) is 14.1. The van der Waals surface area contributed by atoms with E-state index in [1.165, 1.54) is 0 Å². The summed E-state index contributed by atoms with van der Waals surface area (Å²) in [5.41, 5.74) is 2.99. The van der Waals surface area contributed by atoms with Gasteiger partial charge in [-0.15, -0.1) is 0 Å². The van der Waals surface area contributed by atoms with E-state index in [1.54, 1.807) is 18.5 Å². The van der Waals surface area contributed by atoms with Crippen LogP contribution in [0.2, 0.25) is 0 Å². The summed E-state index contributed by atoms with van der Waals surface area (Å²) in [7, 11) is 0. The molecule has 0 amide bonds. The van der Waals surface area contributed by atoms with Crippen LogP contribution in [0.4, 0.5) is 17.5 Å². The Morgan fingerprint density at radius 3 is 2.52 bits per heavy atom. The van der Waals surface area contributed by atoms with Crippen LogP contribution in [0.1, 0.15) is 19.4 Å². The van der Waals surface area contributed by atoms with Crippen molar-refractivity contribution >= 4 is 17.5 Å². The monoisotopic (exact) mass is 330 g/mol. The van der Waals surface area contributed by atoms with Crippen molar-refractivity contribution < 1.29 is 0 Å². The summed E-state index contributed by atoms with van der Waals surface area (Å²) in [5.74, 6) is 1.15. The van der Waals surface area contributed by atoms with Crippen molar-refractivity contribution in [2.75, 3.05) is 10.6 Å². The smallest absolute Gasteiger partial charge is 0.225 e. The zero-order chi connectivity index (χ0) is 17.6. The van der Waals surface area contributed by atoms with Crippen molar-refractivity contribution in [3.05, 3.63) is 60.4 Å². The maximum atomic E-state index is 9.26. The summed E-state index contributed by atoms with van der Waals surface area (Å²) in [4.78, 5) is 13.1. The van der Waals surface area contributed by atoms with Crippen LogP contribution in [-0.4, -0.2) is 21.0 Å². The number of benzene rings is 1. The van der Waals surface area contributed by atoms with Gasteiger partial charge < -0.3 is 10.6 Å². The first-order valence-corrected chi connectivity index (χ1v) is 7.98. The highest BCUT2D eigenvalue weighted by Gasteiger charge is 2.09. The summed E-state index contributed by atoms with van der Waals surface area (Å²) in [6.45, 7) is 4.06. The molecule has 0 saturated heterocycles. The SMILES string of the molecule is CC(C)Nc1nc(Nc2ccccc2C#N)cc(-c2ccncc2)n1. The van der Waals surface area contributed by atoms with Gasteiger partial charge in [0.15, 0.2) is 0 Å². The third kappa shape index (κ3) is 4.09. The van der Waals surface area contributed by atoms with E-state index in [0.29, 0.717) is 23.0 Å². The number of anilines is 3.